The zero-order valence-electron chi connectivity index (χ0n) is 16.2. The highest BCUT2D eigenvalue weighted by Crippen LogP contribution is 2.55. The van der Waals surface area contributed by atoms with E-state index in [1.165, 1.54) is 12.1 Å². The molecule has 2 aromatic carbocycles. The van der Waals surface area contributed by atoms with Gasteiger partial charge in [-0.25, -0.2) is 4.90 Å². The molecular weight excluding hydrogens is 520 g/mol. The van der Waals surface area contributed by atoms with Crippen molar-refractivity contribution >= 4 is 63.8 Å². The molecule has 5 nitrogen and oxygen atoms in total. The van der Waals surface area contributed by atoms with Crippen LogP contribution in [0.25, 0.3) is 0 Å². The van der Waals surface area contributed by atoms with Crippen LogP contribution in [0.4, 0.5) is 18.9 Å². The first-order chi connectivity index (χ1) is 15.6. The molecule has 0 spiro atoms. The Morgan fingerprint density at radius 2 is 1.70 bits per heavy atom. The van der Waals surface area contributed by atoms with E-state index >= 15 is 0 Å². The van der Waals surface area contributed by atoms with Crippen molar-refractivity contribution < 1.29 is 22.8 Å². The zero-order chi connectivity index (χ0) is 23.7. The summed E-state index contributed by atoms with van der Waals surface area (Å²) in [5, 5.41) is -0.295. The van der Waals surface area contributed by atoms with Gasteiger partial charge in [-0.1, -0.05) is 70.6 Å². The molecule has 3 heterocycles. The Morgan fingerprint density at radius 1 is 0.970 bits per heavy atom. The van der Waals surface area contributed by atoms with Gasteiger partial charge in [0.15, 0.2) is 0 Å². The number of alkyl halides is 3. The van der Waals surface area contributed by atoms with E-state index < -0.39 is 46.3 Å². The van der Waals surface area contributed by atoms with Gasteiger partial charge >= 0.3 is 11.0 Å². The molecule has 2 aliphatic rings. The van der Waals surface area contributed by atoms with Crippen LogP contribution >= 0.6 is 46.3 Å². The van der Waals surface area contributed by atoms with Crippen molar-refractivity contribution in [2.45, 2.75) is 22.4 Å². The second-order valence-corrected chi connectivity index (χ2v) is 10.4. The van der Waals surface area contributed by atoms with Crippen LogP contribution in [-0.2, 0) is 15.8 Å². The fourth-order valence-corrected chi connectivity index (χ4v) is 7.19. The average molecular weight is 531 g/mol. The quantitative estimate of drug-likeness (QED) is 0.440. The molecule has 3 unspecified atom stereocenters. The predicted molar refractivity (Wildman–Crippen MR) is 120 cm³/mol. The van der Waals surface area contributed by atoms with E-state index in [2.05, 4.69) is 4.98 Å². The molecule has 2 aliphatic heterocycles. The Hall–Kier alpha value is -2.27. The minimum Gasteiger partial charge on any atom is -0.307 e. The maximum absolute atomic E-state index is 13.7. The summed E-state index contributed by atoms with van der Waals surface area (Å²) in [4.78, 5) is 42.4. The van der Waals surface area contributed by atoms with Crippen LogP contribution in [0.1, 0.15) is 21.9 Å². The number of nitrogens with zero attached hydrogens (tertiary/aromatic N) is 1. The number of aromatic nitrogens is 1. The molecule has 1 N–H and O–H groups in total. The van der Waals surface area contributed by atoms with Crippen LogP contribution in [0.2, 0.25) is 10.0 Å². The van der Waals surface area contributed by atoms with Crippen LogP contribution < -0.4 is 9.77 Å². The molecule has 2 amide bonds. The first-order valence-electron chi connectivity index (χ1n) is 9.47. The zero-order valence-corrected chi connectivity index (χ0v) is 19.3. The standard InChI is InChI=1S/C21H11Cl2F3N2O3S2/c22-10-6-3-4-8(14(10)23)12-13-16(32-17-15(12)33-20(31)27-17)19(30)28(18(13)29)11-7-2-1-5-9(11)21(24,25)26/h1-7,12-13,16H,(H,27,31). The smallest absolute Gasteiger partial charge is 0.307 e. The first-order valence-corrected chi connectivity index (χ1v) is 11.9. The maximum atomic E-state index is 13.7. The number of nitrogens with one attached hydrogen (secondary N) is 1. The van der Waals surface area contributed by atoms with Crippen molar-refractivity contribution in [1.29, 1.82) is 0 Å². The van der Waals surface area contributed by atoms with E-state index in [-0.39, 0.29) is 14.9 Å². The van der Waals surface area contributed by atoms with Crippen molar-refractivity contribution in [2.24, 2.45) is 5.92 Å². The largest absolute Gasteiger partial charge is 0.418 e. The fraction of sp³-hybridized carbons (Fsp3) is 0.190. The molecule has 1 aromatic heterocycles. The lowest BCUT2D eigenvalue weighted by molar-refractivity contribution is -0.137. The maximum Gasteiger partial charge on any atom is 0.418 e. The van der Waals surface area contributed by atoms with Gasteiger partial charge in [-0.05, 0) is 23.8 Å². The Morgan fingerprint density at radius 3 is 2.42 bits per heavy atom. The molecule has 1 saturated heterocycles. The van der Waals surface area contributed by atoms with Gasteiger partial charge in [-0.2, -0.15) is 13.2 Å². The van der Waals surface area contributed by atoms with E-state index in [0.717, 1.165) is 35.2 Å². The lowest BCUT2D eigenvalue weighted by atomic mass is 9.83. The van der Waals surface area contributed by atoms with Gasteiger partial charge in [0.05, 0.1) is 32.2 Å². The summed E-state index contributed by atoms with van der Waals surface area (Å²) in [6.07, 6.45) is -4.77. The van der Waals surface area contributed by atoms with Crippen molar-refractivity contribution in [3.63, 3.8) is 0 Å². The third kappa shape index (κ3) is 3.51. The van der Waals surface area contributed by atoms with Crippen molar-refractivity contribution in [3.05, 3.63) is 78.2 Å². The monoisotopic (exact) mass is 530 g/mol. The van der Waals surface area contributed by atoms with Gasteiger partial charge in [0.1, 0.15) is 5.25 Å². The lowest BCUT2D eigenvalue weighted by Crippen LogP contribution is -2.33. The SMILES string of the molecule is O=C1C2Sc3[nH]c(=O)sc3C(c3cccc(Cl)c3Cl)C2C(=O)N1c1ccccc1C(F)(F)F. The van der Waals surface area contributed by atoms with Gasteiger partial charge < -0.3 is 4.98 Å². The predicted octanol–water partition coefficient (Wildman–Crippen LogP) is 5.56. The summed E-state index contributed by atoms with van der Waals surface area (Å²) in [7, 11) is 0. The molecule has 5 rings (SSSR count). The molecule has 3 aromatic rings. The molecule has 170 valence electrons. The van der Waals surface area contributed by atoms with E-state index in [4.69, 9.17) is 23.2 Å². The number of aromatic amines is 1. The third-order valence-corrected chi connectivity index (χ3v) is 8.83. The van der Waals surface area contributed by atoms with Gasteiger partial charge in [-0.15, -0.1) is 0 Å². The summed E-state index contributed by atoms with van der Waals surface area (Å²) in [5.74, 6) is -3.48. The molecule has 0 radical (unpaired) electrons. The fourth-order valence-electron chi connectivity index (χ4n) is 4.26. The Labute approximate surface area is 202 Å². The number of benzene rings is 2. The van der Waals surface area contributed by atoms with Gasteiger partial charge in [0, 0.05) is 10.8 Å². The molecule has 3 atom stereocenters. The summed E-state index contributed by atoms with van der Waals surface area (Å²) in [6.45, 7) is 0. The molecule has 1 fully saturated rings. The number of hydrogen-bond donors (Lipinski definition) is 1. The topological polar surface area (TPSA) is 70.2 Å². The normalized spacial score (nSPS) is 22.5. The summed E-state index contributed by atoms with van der Waals surface area (Å²) < 4.78 is 41.0. The second-order valence-electron chi connectivity index (χ2n) is 7.42. The number of anilines is 1. The van der Waals surface area contributed by atoms with Crippen LogP contribution in [0.3, 0.4) is 0 Å². The average Bonchev–Trinajstić information content (AvgIpc) is 3.24. The Bertz CT molecular complexity index is 1370. The number of imide groups is 1. The minimum absolute atomic E-state index is 0.149. The third-order valence-electron chi connectivity index (χ3n) is 5.59. The number of halogens is 5. The number of thiazole rings is 1. The van der Waals surface area contributed by atoms with Crippen LogP contribution in [0.5, 0.6) is 0 Å². The molecule has 12 heteroatoms. The second kappa shape index (κ2) is 7.90. The number of carbonyl (C=O) groups is 2. The lowest BCUT2D eigenvalue weighted by Gasteiger charge is -2.30. The number of fused-ring (bicyclic) bond motifs is 2. The van der Waals surface area contributed by atoms with E-state index in [1.807, 2.05) is 0 Å². The number of para-hydroxylation sites is 1. The van der Waals surface area contributed by atoms with Crippen LogP contribution in [0, 0.1) is 5.92 Å². The number of thioether (sulfide) groups is 1. The molecule has 0 bridgehead atoms. The number of hydrogen-bond acceptors (Lipinski definition) is 5. The van der Waals surface area contributed by atoms with Crippen LogP contribution in [0.15, 0.2) is 52.3 Å². The highest BCUT2D eigenvalue weighted by molar-refractivity contribution is 8.00. The van der Waals surface area contributed by atoms with Gasteiger partial charge in [-0.3, -0.25) is 14.4 Å². The van der Waals surface area contributed by atoms with Gasteiger partial charge in [0.25, 0.3) is 0 Å². The number of rotatable bonds is 2. The molecule has 0 saturated carbocycles. The summed E-state index contributed by atoms with van der Waals surface area (Å²) in [5.41, 5.74) is -1.19. The number of amides is 2. The van der Waals surface area contributed by atoms with E-state index in [1.54, 1.807) is 18.2 Å². The van der Waals surface area contributed by atoms with Crippen molar-refractivity contribution in [1.82, 2.24) is 4.98 Å². The molecule has 33 heavy (non-hydrogen) atoms. The molecule has 0 aliphatic carbocycles. The first kappa shape index (κ1) is 22.5. The number of H-pyrrole nitrogens is 1. The summed E-state index contributed by atoms with van der Waals surface area (Å²) in [6, 6.07) is 9.24. The Kier molecular flexibility index (Phi) is 5.39. The highest BCUT2D eigenvalue weighted by atomic mass is 35.5. The highest BCUT2D eigenvalue weighted by Gasteiger charge is 2.57. The Balaban J connectivity index is 1.70. The summed E-state index contributed by atoms with van der Waals surface area (Å²) >= 11 is 14.4. The van der Waals surface area contributed by atoms with E-state index in [9.17, 15) is 27.6 Å². The van der Waals surface area contributed by atoms with E-state index in [0.29, 0.717) is 20.4 Å². The van der Waals surface area contributed by atoms with Crippen molar-refractivity contribution in [2.75, 3.05) is 4.90 Å². The minimum atomic E-state index is -4.77. The van der Waals surface area contributed by atoms with Crippen molar-refractivity contribution in [3.8, 4) is 0 Å². The number of carbonyl (C=O) groups excluding carboxylic acids is 2. The van der Waals surface area contributed by atoms with Gasteiger partial charge in [0.2, 0.25) is 11.8 Å². The van der Waals surface area contributed by atoms with Crippen LogP contribution in [-0.4, -0.2) is 22.0 Å². The molecular formula is C21H11Cl2F3N2O3S2.